The van der Waals surface area contributed by atoms with Gasteiger partial charge in [0.1, 0.15) is 11.6 Å². The molecule has 0 saturated carbocycles. The minimum Gasteiger partial charge on any atom is -0.232 e. The number of hydrogen-bond acceptors (Lipinski definition) is 3. The van der Waals surface area contributed by atoms with Gasteiger partial charge in [0.2, 0.25) is 0 Å². The smallest absolute Gasteiger partial charge is 0.232 e. The highest BCUT2D eigenvalue weighted by molar-refractivity contribution is 5.94. The van der Waals surface area contributed by atoms with Gasteiger partial charge in [-0.05, 0) is 85.8 Å². The Morgan fingerprint density at radius 1 is 0.537 bits per heavy atom. The van der Waals surface area contributed by atoms with Gasteiger partial charge in [0.25, 0.3) is 17.1 Å². The van der Waals surface area contributed by atoms with Gasteiger partial charge >= 0.3 is 0 Å². The molecule has 54 heavy (non-hydrogen) atoms. The Morgan fingerprint density at radius 2 is 0.944 bits per heavy atom. The molecule has 256 valence electrons. The fourth-order valence-electron chi connectivity index (χ4n) is 7.22. The van der Waals surface area contributed by atoms with Crippen LogP contribution in [0.15, 0.2) is 36.4 Å². The quantitative estimate of drug-likeness (QED) is 0.101. The van der Waals surface area contributed by atoms with E-state index in [1.165, 1.54) is 24.3 Å². The first-order valence-electron chi connectivity index (χ1n) is 15.2. The summed E-state index contributed by atoms with van der Waals surface area (Å²) in [4.78, 5) is 9.30. The zero-order valence-corrected chi connectivity index (χ0v) is 26.6. The van der Waals surface area contributed by atoms with Crippen molar-refractivity contribution in [3.05, 3.63) is 155 Å². The summed E-state index contributed by atoms with van der Waals surface area (Å²) in [6.07, 6.45) is -0.359. The monoisotopic (exact) mass is 726 g/mol. The molecule has 0 aliphatic heterocycles. The Balaban J connectivity index is 1.55. The third-order valence-corrected chi connectivity index (χ3v) is 9.40. The van der Waals surface area contributed by atoms with E-state index < -0.39 is 80.3 Å². The largest absolute Gasteiger partial charge is 0.270 e. The van der Waals surface area contributed by atoms with Crippen molar-refractivity contribution in [2.75, 3.05) is 0 Å². The first-order valence-corrected chi connectivity index (χ1v) is 15.2. The summed E-state index contributed by atoms with van der Waals surface area (Å²) in [5.74, 6) is -14.9. The van der Waals surface area contributed by atoms with Crippen LogP contribution in [-0.4, -0.2) is 0 Å². The molecule has 0 heterocycles. The maximum atomic E-state index is 15.1. The standard InChI is InChI=1S/C40H10F8N6/c1-52-24(13-50)28-21-10-17-8-15(26-34(43)32(41)23(12-49)33(42)35(26)44)4-6-19(17)29(21)31(25(14-51)53-2)30-20-7-5-16(9-18(20)11-22(28)30)27-36(45)38(47)40(54-3)39(48)37(27)46/h4-9H,10-11H2/b28-24-,31-25-. The Labute approximate surface area is 298 Å². The van der Waals surface area contributed by atoms with Gasteiger partial charge in [-0.2, -0.15) is 5.26 Å². The van der Waals surface area contributed by atoms with Crippen molar-refractivity contribution >= 4 is 17.1 Å². The third-order valence-electron chi connectivity index (χ3n) is 9.40. The van der Waals surface area contributed by atoms with Crippen molar-refractivity contribution in [3.63, 3.8) is 0 Å². The lowest BCUT2D eigenvalue weighted by Gasteiger charge is -2.14. The minimum absolute atomic E-state index is 0.0187. The molecule has 0 spiro atoms. The maximum Gasteiger partial charge on any atom is 0.270 e. The average Bonchev–Trinajstić information content (AvgIpc) is 3.73. The number of nitriles is 3. The molecule has 0 N–H and O–H groups in total. The highest BCUT2D eigenvalue weighted by Crippen LogP contribution is 2.44. The Morgan fingerprint density at radius 3 is 1.31 bits per heavy atom. The highest BCUT2D eigenvalue weighted by atomic mass is 19.2. The number of nitrogens with zero attached hydrogens (tertiary/aromatic N) is 6. The van der Waals surface area contributed by atoms with E-state index in [0.717, 1.165) is 18.2 Å². The SMILES string of the molecule is [C-]#[N+]/C(C#N)=c1/c2c(/c(=C(\C#N)[N+]#[C-])c3c1Cc1cc(-c4c(F)c(F)c([N+]#[C-])c(F)c4F)ccc1-3)-c1ccc(-c3c(F)c(F)c(C#N)c(F)c3F)cc1C2. The molecule has 2 aliphatic carbocycles. The molecule has 0 amide bonds. The molecule has 5 aromatic rings. The molecule has 6 nitrogen and oxygen atoms in total. The molecule has 0 fully saturated rings. The molecule has 0 unspecified atom stereocenters. The Bertz CT molecular complexity index is 2800. The van der Waals surface area contributed by atoms with Gasteiger partial charge in [-0.15, -0.1) is 0 Å². The van der Waals surface area contributed by atoms with Crippen LogP contribution in [0.25, 0.3) is 70.4 Å². The van der Waals surface area contributed by atoms with E-state index in [1.54, 1.807) is 0 Å². The summed E-state index contributed by atoms with van der Waals surface area (Å²) in [5, 5.41) is 29.3. The molecule has 7 rings (SSSR count). The zero-order chi connectivity index (χ0) is 38.9. The van der Waals surface area contributed by atoms with Gasteiger partial charge in [-0.3, -0.25) is 0 Å². The van der Waals surface area contributed by atoms with Crippen LogP contribution in [0.5, 0.6) is 0 Å². The Kier molecular flexibility index (Phi) is 8.00. The van der Waals surface area contributed by atoms with E-state index in [2.05, 4.69) is 14.5 Å². The average molecular weight is 727 g/mol. The fraction of sp³-hybridized carbons (Fsp3) is 0.0500. The Hall–Kier alpha value is -7.78. The van der Waals surface area contributed by atoms with Crippen LogP contribution in [-0.2, 0) is 12.8 Å². The van der Waals surface area contributed by atoms with Crippen molar-refractivity contribution < 1.29 is 35.1 Å². The molecule has 0 aromatic heterocycles. The predicted molar refractivity (Wildman–Crippen MR) is 175 cm³/mol. The van der Waals surface area contributed by atoms with Crippen LogP contribution >= 0.6 is 0 Å². The number of rotatable bonds is 2. The van der Waals surface area contributed by atoms with Crippen molar-refractivity contribution in [1.82, 2.24) is 0 Å². The number of halogens is 8. The van der Waals surface area contributed by atoms with Gasteiger partial charge in [0.05, 0.1) is 43.0 Å². The highest BCUT2D eigenvalue weighted by Gasteiger charge is 2.34. The van der Waals surface area contributed by atoms with E-state index in [9.17, 15) is 28.1 Å². The summed E-state index contributed by atoms with van der Waals surface area (Å²) in [6, 6.07) is 12.0. The second kappa shape index (κ2) is 12.5. The van der Waals surface area contributed by atoms with Crippen LogP contribution in [0, 0.1) is 100 Å². The first-order chi connectivity index (χ1) is 25.9. The van der Waals surface area contributed by atoms with Crippen LogP contribution in [0.1, 0.15) is 27.8 Å². The van der Waals surface area contributed by atoms with Crippen LogP contribution in [0.2, 0.25) is 0 Å². The van der Waals surface area contributed by atoms with E-state index in [4.69, 9.17) is 25.0 Å². The molecule has 2 aliphatic rings. The van der Waals surface area contributed by atoms with Gasteiger partial charge < -0.3 is 0 Å². The van der Waals surface area contributed by atoms with Crippen molar-refractivity contribution in [2.45, 2.75) is 12.8 Å². The van der Waals surface area contributed by atoms with Crippen LogP contribution in [0.4, 0.5) is 40.8 Å². The lowest BCUT2D eigenvalue weighted by atomic mass is 9.90. The van der Waals surface area contributed by atoms with E-state index in [1.807, 2.05) is 12.1 Å². The molecule has 0 saturated heterocycles. The van der Waals surface area contributed by atoms with E-state index in [-0.39, 0.29) is 78.9 Å². The first kappa shape index (κ1) is 34.7. The molecule has 5 aromatic carbocycles. The summed E-state index contributed by atoms with van der Waals surface area (Å²) in [6.45, 7) is 22.5. The molecule has 0 atom stereocenters. The molecular weight excluding hydrogens is 716 g/mol. The molecule has 14 heteroatoms. The lowest BCUT2D eigenvalue weighted by molar-refractivity contribution is 0.454. The molecular formula is C40H10F8N6. The van der Waals surface area contributed by atoms with Crippen molar-refractivity contribution in [3.8, 4) is 62.7 Å². The normalized spacial score (nSPS) is 12.8. The summed E-state index contributed by atoms with van der Waals surface area (Å²) in [5.41, 5.74) is -4.82. The van der Waals surface area contributed by atoms with Gasteiger partial charge in [-0.1, -0.05) is 24.3 Å². The molecule has 0 bridgehead atoms. The van der Waals surface area contributed by atoms with Crippen LogP contribution < -0.4 is 10.4 Å². The number of benzene rings is 5. The van der Waals surface area contributed by atoms with Gasteiger partial charge in [0.15, 0.2) is 46.5 Å². The predicted octanol–water partition coefficient (Wildman–Crippen LogP) is 8.80. The summed E-state index contributed by atoms with van der Waals surface area (Å²) >= 11 is 0. The maximum absolute atomic E-state index is 15.1. The van der Waals surface area contributed by atoms with Crippen molar-refractivity contribution in [1.29, 1.82) is 15.8 Å². The van der Waals surface area contributed by atoms with Gasteiger partial charge in [-0.25, -0.2) is 60.2 Å². The van der Waals surface area contributed by atoms with Gasteiger partial charge in [0, 0.05) is 5.22 Å². The number of fused-ring (bicyclic) bond motifs is 6. The second-order valence-electron chi connectivity index (χ2n) is 11.9. The van der Waals surface area contributed by atoms with Crippen molar-refractivity contribution in [2.24, 2.45) is 0 Å². The minimum atomic E-state index is -1.91. The zero-order valence-electron chi connectivity index (χ0n) is 26.6. The number of hydrogen-bond donors (Lipinski definition) is 0. The van der Waals surface area contributed by atoms with Crippen LogP contribution in [0.3, 0.4) is 0 Å². The lowest BCUT2D eigenvalue weighted by Crippen LogP contribution is -2.25. The van der Waals surface area contributed by atoms with E-state index in [0.29, 0.717) is 0 Å². The fourth-order valence-corrected chi connectivity index (χ4v) is 7.22. The third kappa shape index (κ3) is 4.59. The summed E-state index contributed by atoms with van der Waals surface area (Å²) < 4.78 is 119. The summed E-state index contributed by atoms with van der Waals surface area (Å²) in [7, 11) is 0. The molecule has 0 radical (unpaired) electrons. The second-order valence-corrected chi connectivity index (χ2v) is 11.9. The topological polar surface area (TPSA) is 84.4 Å². The van der Waals surface area contributed by atoms with E-state index >= 15 is 17.6 Å².